The second-order valence-electron chi connectivity index (χ2n) is 25.4. The van der Waals surface area contributed by atoms with Crippen molar-refractivity contribution >= 4 is 16.4 Å². The van der Waals surface area contributed by atoms with Crippen LogP contribution in [0.25, 0.3) is 0 Å². The molecule has 11 fully saturated rings. The maximum atomic E-state index is 12.3. The molecule has 0 aromatic carbocycles. The topological polar surface area (TPSA) is 266 Å². The molecular weight excluding hydrogens is 1040 g/mol. The van der Waals surface area contributed by atoms with Crippen molar-refractivity contribution in [2.75, 3.05) is 6.61 Å². The van der Waals surface area contributed by atoms with Crippen molar-refractivity contribution in [1.29, 1.82) is 0 Å². The average Bonchev–Trinajstić information content (AvgIpc) is 3.53. The zero-order chi connectivity index (χ0) is 54.1. The second-order valence-corrected chi connectivity index (χ2v) is 26.4. The van der Waals surface area contributed by atoms with Gasteiger partial charge < -0.3 is 77.1 Å². The molecular formula is C55H81NaO20S. The number of carbonyl (C=O) groups is 1. The number of allylic oxidation sites excluding steroid dienone is 1. The van der Waals surface area contributed by atoms with E-state index < -0.39 is 99.1 Å². The van der Waals surface area contributed by atoms with Gasteiger partial charge in [-0.1, -0.05) is 31.7 Å². The molecule has 20 nitrogen and oxygen atoms in total. The number of carboxylic acid groups (broad SMARTS) is 1. The van der Waals surface area contributed by atoms with E-state index in [4.69, 9.17) is 52.1 Å². The van der Waals surface area contributed by atoms with Gasteiger partial charge in [0.1, 0.15) is 29.5 Å². The summed E-state index contributed by atoms with van der Waals surface area (Å²) in [6.07, 6.45) is 2.34. The molecule has 77 heavy (non-hydrogen) atoms. The Bertz CT molecular complexity index is 2340. The molecule has 11 heterocycles. The van der Waals surface area contributed by atoms with Gasteiger partial charge in [-0.05, 0) is 91.1 Å². The Balaban J connectivity index is 0.00000672. The molecule has 428 valence electrons. The average molecular weight is 1120 g/mol. The van der Waals surface area contributed by atoms with E-state index in [1.54, 1.807) is 13.8 Å². The second kappa shape index (κ2) is 21.9. The van der Waals surface area contributed by atoms with Crippen molar-refractivity contribution < 1.29 is 124 Å². The van der Waals surface area contributed by atoms with Crippen molar-refractivity contribution in [1.82, 2.24) is 0 Å². The van der Waals surface area contributed by atoms with Crippen molar-refractivity contribution in [3.8, 4) is 0 Å². The number of hydrogen-bond donors (Lipinski definition) is 4. The van der Waals surface area contributed by atoms with Gasteiger partial charge in [0, 0.05) is 44.9 Å². The number of aliphatic hydroxyl groups is 3. The van der Waals surface area contributed by atoms with Crippen LogP contribution < -0.4 is 29.6 Å². The SMILES string of the molecule is C=CCC(/C=C/[C@@](C)(O)[C@H]1O[C@@H]2C[C@@H]3O[C@@H]4C[C@@H]5O[C@@H]6C[C@@H]7O[C@@H]8C[C@@H]9O[C@@H]%10C[C@@H]%11O[C@](C)(CCCOS(=O)(=O)[O-])[C@@H](O)C[C@H]%11O[C@H]%10C[C@H]9O[C@H]8CC[C@@]7(C)O[C@@]6(C)C[C@H](C)[C@H]5O[C@H]4[C@@H](O)[C@@]3(C)O[C@H]2CC1=C)C(=O)O.[Na+]. The summed E-state index contributed by atoms with van der Waals surface area (Å²) in [6, 6.07) is 0. The Hall–Kier alpha value is -1.00. The van der Waals surface area contributed by atoms with Gasteiger partial charge in [0.2, 0.25) is 10.4 Å². The van der Waals surface area contributed by atoms with Gasteiger partial charge in [0.15, 0.2) is 0 Å². The summed E-state index contributed by atoms with van der Waals surface area (Å²) >= 11 is 0. The molecule has 0 bridgehead atoms. The van der Waals surface area contributed by atoms with E-state index in [1.807, 2.05) is 6.92 Å². The van der Waals surface area contributed by atoms with E-state index in [9.17, 15) is 38.2 Å². The maximum absolute atomic E-state index is 12.3. The minimum Gasteiger partial charge on any atom is -0.726 e. The fourth-order valence-corrected chi connectivity index (χ4v) is 15.8. The third kappa shape index (κ3) is 11.3. The van der Waals surface area contributed by atoms with Crippen molar-refractivity contribution in [3.63, 3.8) is 0 Å². The summed E-state index contributed by atoms with van der Waals surface area (Å²) in [7, 11) is -4.81. The van der Waals surface area contributed by atoms with E-state index >= 15 is 0 Å². The van der Waals surface area contributed by atoms with Gasteiger partial charge in [-0.3, -0.25) is 8.98 Å². The first kappa shape index (κ1) is 59.2. The maximum Gasteiger partial charge on any atom is 1.00 e. The molecule has 11 aliphatic heterocycles. The Labute approximate surface area is 474 Å². The summed E-state index contributed by atoms with van der Waals surface area (Å²) in [4.78, 5) is 11.8. The van der Waals surface area contributed by atoms with Gasteiger partial charge in [0.05, 0.1) is 133 Å². The molecule has 11 rings (SSSR count). The number of rotatable bonds is 11. The van der Waals surface area contributed by atoms with Crippen LogP contribution in [0.5, 0.6) is 0 Å². The monoisotopic (exact) mass is 1120 g/mol. The van der Waals surface area contributed by atoms with Crippen LogP contribution in [0.2, 0.25) is 0 Å². The van der Waals surface area contributed by atoms with Crippen LogP contribution in [-0.4, -0.2) is 196 Å². The fraction of sp³-hybridized carbons (Fsp3) is 0.873. The van der Waals surface area contributed by atoms with Crippen molar-refractivity contribution in [3.05, 3.63) is 37.0 Å². The normalized spacial score (nSPS) is 51.4. The predicted octanol–water partition coefficient (Wildman–Crippen LogP) is 1.04. The molecule has 0 aromatic rings. The fourth-order valence-electron chi connectivity index (χ4n) is 15.5. The van der Waals surface area contributed by atoms with Crippen molar-refractivity contribution in [2.24, 2.45) is 11.8 Å². The first-order valence-corrected chi connectivity index (χ1v) is 29.3. The first-order chi connectivity index (χ1) is 35.8. The number of fused-ring (bicyclic) bond motifs is 10. The van der Waals surface area contributed by atoms with Crippen molar-refractivity contribution in [2.45, 2.75) is 282 Å². The zero-order valence-corrected chi connectivity index (χ0v) is 48.5. The number of hydrogen-bond acceptors (Lipinski definition) is 19. The molecule has 1 unspecified atom stereocenters. The number of ether oxygens (including phenoxy) is 11. The van der Waals surface area contributed by atoms with Crippen LogP contribution in [0, 0.1) is 11.8 Å². The van der Waals surface area contributed by atoms with E-state index in [2.05, 4.69) is 38.1 Å². The smallest absolute Gasteiger partial charge is 0.726 e. The molecule has 0 aliphatic carbocycles. The Morgan fingerprint density at radius 3 is 2.04 bits per heavy atom. The quantitative estimate of drug-likeness (QED) is 0.0740. The van der Waals surface area contributed by atoms with Gasteiger partial charge in [0.25, 0.3) is 0 Å². The first-order valence-electron chi connectivity index (χ1n) is 28.0. The summed E-state index contributed by atoms with van der Waals surface area (Å²) in [5.74, 6) is -1.88. The van der Waals surface area contributed by atoms with Gasteiger partial charge in [-0.15, -0.1) is 6.58 Å². The summed E-state index contributed by atoms with van der Waals surface area (Å²) in [5, 5.41) is 44.8. The van der Waals surface area contributed by atoms with Gasteiger partial charge in [-0.2, -0.15) is 0 Å². The van der Waals surface area contributed by atoms with Crippen LogP contribution in [0.1, 0.15) is 131 Å². The summed E-state index contributed by atoms with van der Waals surface area (Å²) in [6.45, 7) is 19.3. The third-order valence-corrected chi connectivity index (χ3v) is 20.1. The molecule has 0 aromatic heterocycles. The standard InChI is InChI=1S/C55H82O20S.Na/c1-9-11-29(50(58)59)12-15-51(4,60)49-27(2)18-38-37(71-49)24-45-55(8,74-38)48(57)47-41(70-45)22-40-46(72-47)28(3)26-54(7)44(69-40)25-43-53(6,75-54)16-13-30-31(68-43)19-33-32(65-30)20-34-35(66-33)21-39-36(67-34)23-42(56)52(5,73-39)14-10-17-64-76(61,62)63;/h9,12,15,28-49,56-57,60H,1-2,10-11,13-14,16-26H2,3-8H3,(H,58,59)(H,61,62,63);/q;+1/p-1/b15-12+;/t28-,29?,30-,31+,32+,33-,34-,35+,36+,37+,38-,39-,40-,41+,42-,43-,44+,45-,46+,47+,48+,49-,51+,52+,53+,54-,55-;/m0./s1. The third-order valence-electron chi connectivity index (χ3n) is 19.6. The summed E-state index contributed by atoms with van der Waals surface area (Å²) < 4.78 is 113. The molecule has 0 amide bonds. The number of aliphatic hydroxyl groups excluding tert-OH is 2. The van der Waals surface area contributed by atoms with Crippen LogP contribution in [0.4, 0.5) is 0 Å². The molecule has 11 aliphatic rings. The molecule has 27 atom stereocenters. The minimum atomic E-state index is -4.81. The zero-order valence-electron chi connectivity index (χ0n) is 45.7. The predicted molar refractivity (Wildman–Crippen MR) is 265 cm³/mol. The Morgan fingerprint density at radius 2 is 1.36 bits per heavy atom. The largest absolute Gasteiger partial charge is 1.00 e. The van der Waals surface area contributed by atoms with Gasteiger partial charge in [-0.25, -0.2) is 8.42 Å². The molecule has 0 spiro atoms. The number of carboxylic acids is 1. The Kier molecular flexibility index (Phi) is 16.8. The van der Waals surface area contributed by atoms with Crippen LogP contribution in [0.15, 0.2) is 37.0 Å². The van der Waals surface area contributed by atoms with E-state index in [0.29, 0.717) is 69.8 Å². The van der Waals surface area contributed by atoms with E-state index in [0.717, 1.165) is 12.8 Å². The summed E-state index contributed by atoms with van der Waals surface area (Å²) in [5.41, 5.74) is -4.40. The van der Waals surface area contributed by atoms with E-state index in [1.165, 1.54) is 18.2 Å². The Morgan fingerprint density at radius 1 is 0.779 bits per heavy atom. The van der Waals surface area contributed by atoms with Crippen LogP contribution >= 0.6 is 0 Å². The van der Waals surface area contributed by atoms with Crippen LogP contribution in [0.3, 0.4) is 0 Å². The van der Waals surface area contributed by atoms with Crippen LogP contribution in [-0.2, 0) is 71.5 Å². The number of aliphatic carboxylic acids is 1. The molecule has 11 saturated heterocycles. The van der Waals surface area contributed by atoms with E-state index in [-0.39, 0.29) is 128 Å². The molecule has 22 heteroatoms. The minimum absolute atomic E-state index is 0. The molecule has 0 saturated carbocycles. The molecule has 0 radical (unpaired) electrons. The van der Waals surface area contributed by atoms with Gasteiger partial charge >= 0.3 is 35.5 Å². The molecule has 4 N–H and O–H groups in total.